The fraction of sp³-hybridized carbons (Fsp3) is 0.357. The average Bonchev–Trinajstić information content (AvgIpc) is 2.40. The maximum Gasteiger partial charge on any atom is 0.134 e. The molecule has 4 heteroatoms. The van der Waals surface area contributed by atoms with Crippen molar-refractivity contribution in [3.05, 3.63) is 52.9 Å². The van der Waals surface area contributed by atoms with Gasteiger partial charge in [-0.3, -0.25) is 4.98 Å². The Bertz CT molecular complexity index is 551. The molecule has 1 aliphatic heterocycles. The number of nitrogens with one attached hydrogen (secondary N) is 1. The van der Waals surface area contributed by atoms with Crippen molar-refractivity contribution < 1.29 is 0 Å². The summed E-state index contributed by atoms with van der Waals surface area (Å²) in [7, 11) is 0. The Morgan fingerprint density at radius 2 is 2.22 bits per heavy atom. The Hall–Kier alpha value is -1.81. The first kappa shape index (κ1) is 11.3. The Kier molecular flexibility index (Phi) is 3.02. The zero-order chi connectivity index (χ0) is 12.4. The van der Waals surface area contributed by atoms with E-state index in [-0.39, 0.29) is 0 Å². The Morgan fingerprint density at radius 3 is 3.06 bits per heavy atom. The minimum atomic E-state index is 0.703. The lowest BCUT2D eigenvalue weighted by atomic mass is 10.0. The van der Waals surface area contributed by atoms with E-state index in [1.165, 1.54) is 5.56 Å². The molecule has 0 spiro atoms. The van der Waals surface area contributed by atoms with Crippen LogP contribution in [0.4, 0.5) is 0 Å². The van der Waals surface area contributed by atoms with Gasteiger partial charge >= 0.3 is 0 Å². The van der Waals surface area contributed by atoms with Gasteiger partial charge < -0.3 is 5.32 Å². The summed E-state index contributed by atoms with van der Waals surface area (Å²) in [6.07, 6.45) is 3.54. The van der Waals surface area contributed by atoms with Gasteiger partial charge in [0.05, 0.1) is 12.1 Å². The largest absolute Gasteiger partial charge is 0.311 e. The third-order valence-corrected chi connectivity index (χ3v) is 3.26. The second-order valence-electron chi connectivity index (χ2n) is 4.58. The molecular formula is C14H16N4. The van der Waals surface area contributed by atoms with Crippen LogP contribution in [0.2, 0.25) is 0 Å². The summed E-state index contributed by atoms with van der Waals surface area (Å²) in [6.45, 7) is 3.96. The van der Waals surface area contributed by atoms with Crippen LogP contribution in [-0.4, -0.2) is 21.5 Å². The van der Waals surface area contributed by atoms with E-state index in [1.54, 1.807) is 0 Å². The van der Waals surface area contributed by atoms with E-state index in [2.05, 4.69) is 27.2 Å². The molecule has 92 valence electrons. The highest BCUT2D eigenvalue weighted by Crippen LogP contribution is 2.16. The topological polar surface area (TPSA) is 50.7 Å². The highest BCUT2D eigenvalue weighted by molar-refractivity contribution is 5.28. The van der Waals surface area contributed by atoms with Crippen LogP contribution in [-0.2, 0) is 19.4 Å². The quantitative estimate of drug-likeness (QED) is 0.862. The fourth-order valence-electron chi connectivity index (χ4n) is 2.35. The highest BCUT2D eigenvalue weighted by atomic mass is 15.0. The summed E-state index contributed by atoms with van der Waals surface area (Å²) in [6, 6.07) is 5.93. The van der Waals surface area contributed by atoms with Gasteiger partial charge in [-0.2, -0.15) is 0 Å². The second kappa shape index (κ2) is 4.82. The van der Waals surface area contributed by atoms with Crippen LogP contribution in [0.15, 0.2) is 24.4 Å². The number of hydrogen-bond donors (Lipinski definition) is 1. The first-order valence-electron chi connectivity index (χ1n) is 6.29. The summed E-state index contributed by atoms with van der Waals surface area (Å²) in [5.74, 6) is 0.869. The van der Waals surface area contributed by atoms with E-state index in [0.717, 1.165) is 42.4 Å². The van der Waals surface area contributed by atoms with Gasteiger partial charge in [0.1, 0.15) is 5.82 Å². The Morgan fingerprint density at radius 1 is 1.28 bits per heavy atom. The van der Waals surface area contributed by atoms with Crippen LogP contribution < -0.4 is 5.32 Å². The van der Waals surface area contributed by atoms with Crippen LogP contribution in [0.25, 0.3) is 0 Å². The predicted octanol–water partition coefficient (Wildman–Crippen LogP) is 1.42. The lowest BCUT2D eigenvalue weighted by molar-refractivity contribution is 0.613. The van der Waals surface area contributed by atoms with Gasteiger partial charge in [0, 0.05) is 24.1 Å². The monoisotopic (exact) mass is 240 g/mol. The van der Waals surface area contributed by atoms with Crippen LogP contribution in [0.5, 0.6) is 0 Å². The molecule has 3 heterocycles. The average molecular weight is 240 g/mol. The zero-order valence-electron chi connectivity index (χ0n) is 10.5. The Balaban J connectivity index is 1.91. The zero-order valence-corrected chi connectivity index (χ0v) is 10.5. The molecule has 18 heavy (non-hydrogen) atoms. The third kappa shape index (κ3) is 2.24. The molecule has 0 atom stereocenters. The summed E-state index contributed by atoms with van der Waals surface area (Å²) < 4.78 is 0. The summed E-state index contributed by atoms with van der Waals surface area (Å²) in [4.78, 5) is 13.6. The minimum Gasteiger partial charge on any atom is -0.311 e. The van der Waals surface area contributed by atoms with Crippen molar-refractivity contribution in [3.8, 4) is 0 Å². The molecule has 0 amide bonds. The van der Waals surface area contributed by atoms with E-state index < -0.39 is 0 Å². The highest BCUT2D eigenvalue weighted by Gasteiger charge is 2.15. The van der Waals surface area contributed by atoms with Crippen LogP contribution in [0.1, 0.15) is 28.5 Å². The van der Waals surface area contributed by atoms with Crippen LogP contribution in [0, 0.1) is 6.92 Å². The maximum absolute atomic E-state index is 4.66. The molecule has 0 saturated heterocycles. The lowest BCUT2D eigenvalue weighted by Crippen LogP contribution is -2.26. The maximum atomic E-state index is 4.66. The molecule has 3 rings (SSSR count). The van der Waals surface area contributed by atoms with E-state index >= 15 is 0 Å². The van der Waals surface area contributed by atoms with Gasteiger partial charge in [0.15, 0.2) is 0 Å². The van der Waals surface area contributed by atoms with Crippen molar-refractivity contribution in [2.45, 2.75) is 26.3 Å². The van der Waals surface area contributed by atoms with Crippen molar-refractivity contribution in [1.29, 1.82) is 0 Å². The first-order valence-corrected chi connectivity index (χ1v) is 6.29. The smallest absolute Gasteiger partial charge is 0.134 e. The van der Waals surface area contributed by atoms with Crippen molar-refractivity contribution >= 4 is 0 Å². The molecular weight excluding hydrogens is 224 g/mol. The van der Waals surface area contributed by atoms with E-state index in [4.69, 9.17) is 0 Å². The second-order valence-corrected chi connectivity index (χ2v) is 4.58. The molecule has 0 saturated carbocycles. The summed E-state index contributed by atoms with van der Waals surface area (Å²) >= 11 is 0. The molecule has 0 unspecified atom stereocenters. The van der Waals surface area contributed by atoms with Crippen molar-refractivity contribution in [1.82, 2.24) is 20.3 Å². The number of aromatic nitrogens is 3. The van der Waals surface area contributed by atoms with Crippen LogP contribution >= 0.6 is 0 Å². The minimum absolute atomic E-state index is 0.703. The number of hydrogen-bond acceptors (Lipinski definition) is 4. The summed E-state index contributed by atoms with van der Waals surface area (Å²) in [5.41, 5.74) is 4.60. The molecule has 4 nitrogen and oxygen atoms in total. The molecule has 0 aliphatic carbocycles. The molecule has 0 radical (unpaired) electrons. The van der Waals surface area contributed by atoms with Gasteiger partial charge in [0.25, 0.3) is 0 Å². The standard InChI is InChI=1S/C14H16N4/c1-10-12-5-7-15-9-13(12)18-14(17-10)8-11-4-2-3-6-16-11/h2-4,6,15H,5,7-9H2,1H3. The number of pyridine rings is 1. The van der Waals surface area contributed by atoms with Gasteiger partial charge in [-0.15, -0.1) is 0 Å². The molecule has 1 N–H and O–H groups in total. The SMILES string of the molecule is Cc1nc(Cc2ccccn2)nc2c1CCNC2. The summed E-state index contributed by atoms with van der Waals surface area (Å²) in [5, 5.41) is 3.35. The molecule has 0 bridgehead atoms. The van der Waals surface area contributed by atoms with Gasteiger partial charge in [-0.05, 0) is 37.6 Å². The number of nitrogens with zero attached hydrogens (tertiary/aromatic N) is 3. The van der Waals surface area contributed by atoms with Crippen molar-refractivity contribution in [3.63, 3.8) is 0 Å². The van der Waals surface area contributed by atoms with Gasteiger partial charge in [0.2, 0.25) is 0 Å². The Labute approximate surface area is 107 Å². The van der Waals surface area contributed by atoms with Gasteiger partial charge in [-0.1, -0.05) is 6.07 Å². The van der Waals surface area contributed by atoms with Crippen LogP contribution in [0.3, 0.4) is 0 Å². The third-order valence-electron chi connectivity index (χ3n) is 3.26. The lowest BCUT2D eigenvalue weighted by Gasteiger charge is -2.18. The fourth-order valence-corrected chi connectivity index (χ4v) is 2.35. The number of fused-ring (bicyclic) bond motifs is 1. The number of aryl methyl sites for hydroxylation is 1. The molecule has 0 aromatic carbocycles. The molecule has 2 aromatic heterocycles. The first-order chi connectivity index (χ1) is 8.83. The predicted molar refractivity (Wildman–Crippen MR) is 69.2 cm³/mol. The molecule has 1 aliphatic rings. The number of rotatable bonds is 2. The molecule has 2 aromatic rings. The normalized spacial score (nSPS) is 14.3. The molecule has 0 fully saturated rings. The van der Waals surface area contributed by atoms with E-state index in [0.29, 0.717) is 6.42 Å². The van der Waals surface area contributed by atoms with Crippen molar-refractivity contribution in [2.75, 3.05) is 6.54 Å². The van der Waals surface area contributed by atoms with Crippen molar-refractivity contribution in [2.24, 2.45) is 0 Å². The van der Waals surface area contributed by atoms with Gasteiger partial charge in [-0.25, -0.2) is 9.97 Å². The van der Waals surface area contributed by atoms with E-state index in [9.17, 15) is 0 Å². The van der Waals surface area contributed by atoms with E-state index in [1.807, 2.05) is 24.4 Å².